The van der Waals surface area contributed by atoms with Crippen LogP contribution in [0.15, 0.2) is 12.3 Å². The lowest BCUT2D eigenvalue weighted by atomic mass is 9.72. The molecule has 2 aromatic heterocycles. The zero-order chi connectivity index (χ0) is 17.6. The summed E-state index contributed by atoms with van der Waals surface area (Å²) in [6.45, 7) is 2.81. The molecule has 4 rings (SSSR count). The standard InChI is InChI=1S/C15H15ClFN5O2S/c16-11-5-10(17)9(6-18-11)12-19-20-13(25-12)22-7-15(8-22)1-3-21(4-2-15)14(23)24/h5-6H,1-4,7-8H2,(H,23,24). The van der Waals surface area contributed by atoms with Crippen LogP contribution >= 0.6 is 22.9 Å². The van der Waals surface area contributed by atoms with Gasteiger partial charge in [-0.3, -0.25) is 0 Å². The Morgan fingerprint density at radius 3 is 2.68 bits per heavy atom. The van der Waals surface area contributed by atoms with Crippen molar-refractivity contribution in [2.75, 3.05) is 31.1 Å². The van der Waals surface area contributed by atoms with E-state index in [9.17, 15) is 9.18 Å². The van der Waals surface area contributed by atoms with E-state index in [0.29, 0.717) is 18.1 Å². The Hall–Kier alpha value is -2.00. The van der Waals surface area contributed by atoms with Gasteiger partial charge in [0.05, 0.1) is 5.56 Å². The molecule has 2 saturated heterocycles. The molecule has 2 aromatic rings. The monoisotopic (exact) mass is 383 g/mol. The number of halogens is 2. The molecule has 1 N–H and O–H groups in total. The molecule has 132 valence electrons. The summed E-state index contributed by atoms with van der Waals surface area (Å²) in [5.41, 5.74) is 0.448. The maximum atomic E-state index is 14.0. The number of hydrogen-bond acceptors (Lipinski definition) is 6. The summed E-state index contributed by atoms with van der Waals surface area (Å²) >= 11 is 6.99. The largest absolute Gasteiger partial charge is 0.465 e. The van der Waals surface area contributed by atoms with Crippen molar-refractivity contribution in [1.29, 1.82) is 0 Å². The minimum atomic E-state index is -0.849. The zero-order valence-corrected chi connectivity index (χ0v) is 14.7. The predicted molar refractivity (Wildman–Crippen MR) is 91.6 cm³/mol. The second-order valence-electron chi connectivity index (χ2n) is 6.50. The van der Waals surface area contributed by atoms with Gasteiger partial charge in [0, 0.05) is 43.9 Å². The smallest absolute Gasteiger partial charge is 0.407 e. The summed E-state index contributed by atoms with van der Waals surface area (Å²) in [5, 5.41) is 18.6. The molecule has 7 nitrogen and oxygen atoms in total. The Labute approximate surface area is 152 Å². The molecule has 4 heterocycles. The van der Waals surface area contributed by atoms with Gasteiger partial charge < -0.3 is 14.9 Å². The number of pyridine rings is 1. The molecule has 2 aliphatic heterocycles. The van der Waals surface area contributed by atoms with Crippen LogP contribution < -0.4 is 4.90 Å². The molecule has 10 heteroatoms. The van der Waals surface area contributed by atoms with Gasteiger partial charge in [-0.05, 0) is 12.8 Å². The van der Waals surface area contributed by atoms with Gasteiger partial charge in [-0.2, -0.15) is 0 Å². The molecule has 0 aromatic carbocycles. The van der Waals surface area contributed by atoms with Crippen molar-refractivity contribution < 1.29 is 14.3 Å². The highest BCUT2D eigenvalue weighted by Gasteiger charge is 2.46. The Bertz CT molecular complexity index is 816. The van der Waals surface area contributed by atoms with Crippen LogP contribution in [-0.2, 0) is 0 Å². The van der Waals surface area contributed by atoms with Gasteiger partial charge in [0.25, 0.3) is 0 Å². The van der Waals surface area contributed by atoms with Crippen LogP contribution in [0.5, 0.6) is 0 Å². The molecule has 0 bridgehead atoms. The lowest BCUT2D eigenvalue weighted by molar-refractivity contribution is 0.0710. The maximum Gasteiger partial charge on any atom is 0.407 e. The summed E-state index contributed by atoms with van der Waals surface area (Å²) in [7, 11) is 0. The highest BCUT2D eigenvalue weighted by molar-refractivity contribution is 7.18. The molecule has 1 amide bonds. The van der Waals surface area contributed by atoms with Crippen LogP contribution in [-0.4, -0.2) is 57.5 Å². The molecular formula is C15H15ClFN5O2S. The summed E-state index contributed by atoms with van der Waals surface area (Å²) in [5.74, 6) is -0.469. The summed E-state index contributed by atoms with van der Waals surface area (Å²) < 4.78 is 14.0. The highest BCUT2D eigenvalue weighted by Crippen LogP contribution is 2.44. The number of anilines is 1. The van der Waals surface area contributed by atoms with E-state index in [2.05, 4.69) is 20.1 Å². The molecule has 25 heavy (non-hydrogen) atoms. The number of hydrogen-bond donors (Lipinski definition) is 1. The Balaban J connectivity index is 1.42. The molecule has 0 unspecified atom stereocenters. The summed E-state index contributed by atoms with van der Waals surface area (Å²) in [6, 6.07) is 1.16. The van der Waals surface area contributed by atoms with E-state index < -0.39 is 11.9 Å². The van der Waals surface area contributed by atoms with Crippen LogP contribution in [0, 0.1) is 11.2 Å². The first-order chi connectivity index (χ1) is 12.0. The fourth-order valence-electron chi connectivity index (χ4n) is 3.40. The van der Waals surface area contributed by atoms with Crippen molar-refractivity contribution in [2.45, 2.75) is 12.8 Å². The quantitative estimate of drug-likeness (QED) is 0.803. The van der Waals surface area contributed by atoms with Crippen LogP contribution in [0.2, 0.25) is 5.15 Å². The second-order valence-corrected chi connectivity index (χ2v) is 7.85. The van der Waals surface area contributed by atoms with Gasteiger partial charge >= 0.3 is 6.09 Å². The molecule has 1 spiro atoms. The summed E-state index contributed by atoms with van der Waals surface area (Å²) in [6.07, 6.45) is 2.23. The second kappa shape index (κ2) is 6.06. The lowest BCUT2D eigenvalue weighted by Crippen LogP contribution is -2.60. The third-order valence-corrected chi connectivity index (χ3v) is 6.11. The van der Waals surface area contributed by atoms with Crippen molar-refractivity contribution in [2.24, 2.45) is 5.41 Å². The number of nitrogens with zero attached hydrogens (tertiary/aromatic N) is 5. The first-order valence-electron chi connectivity index (χ1n) is 7.84. The van der Waals surface area contributed by atoms with E-state index in [0.717, 1.165) is 37.1 Å². The number of carbonyl (C=O) groups is 1. The third-order valence-electron chi connectivity index (χ3n) is 4.88. The molecule has 0 saturated carbocycles. The number of amides is 1. The highest BCUT2D eigenvalue weighted by atomic mass is 35.5. The number of piperidine rings is 1. The fourth-order valence-corrected chi connectivity index (χ4v) is 4.40. The van der Waals surface area contributed by atoms with Crippen molar-refractivity contribution in [3.05, 3.63) is 23.2 Å². The van der Waals surface area contributed by atoms with Crippen LogP contribution in [0.1, 0.15) is 12.8 Å². The van der Waals surface area contributed by atoms with E-state index in [1.807, 2.05) is 0 Å². The Kier molecular flexibility index (Phi) is 3.99. The van der Waals surface area contributed by atoms with E-state index in [4.69, 9.17) is 16.7 Å². The first kappa shape index (κ1) is 16.5. The van der Waals surface area contributed by atoms with Crippen molar-refractivity contribution in [3.63, 3.8) is 0 Å². The molecule has 0 aliphatic carbocycles. The molecule has 0 radical (unpaired) electrons. The van der Waals surface area contributed by atoms with Gasteiger partial charge in [0.15, 0.2) is 5.01 Å². The number of carboxylic acid groups (broad SMARTS) is 1. The minimum absolute atomic E-state index is 0.100. The maximum absolute atomic E-state index is 14.0. The number of rotatable bonds is 2. The van der Waals surface area contributed by atoms with E-state index in [1.54, 1.807) is 0 Å². The minimum Gasteiger partial charge on any atom is -0.465 e. The van der Waals surface area contributed by atoms with E-state index >= 15 is 0 Å². The number of likely N-dealkylation sites (tertiary alicyclic amines) is 1. The van der Waals surface area contributed by atoms with E-state index in [1.165, 1.54) is 22.4 Å². The lowest BCUT2D eigenvalue weighted by Gasteiger charge is -2.53. The molecule has 2 fully saturated rings. The van der Waals surface area contributed by atoms with Crippen LogP contribution in [0.3, 0.4) is 0 Å². The average Bonchev–Trinajstić information content (AvgIpc) is 3.02. The van der Waals surface area contributed by atoms with Crippen molar-refractivity contribution in [1.82, 2.24) is 20.1 Å². The Morgan fingerprint density at radius 1 is 1.32 bits per heavy atom. The van der Waals surface area contributed by atoms with Crippen LogP contribution in [0.4, 0.5) is 14.3 Å². The normalized spacial score (nSPS) is 19.1. The first-order valence-corrected chi connectivity index (χ1v) is 9.03. The number of aromatic nitrogens is 3. The topological polar surface area (TPSA) is 82.5 Å². The average molecular weight is 384 g/mol. The van der Waals surface area contributed by atoms with Crippen LogP contribution in [0.25, 0.3) is 10.6 Å². The summed E-state index contributed by atoms with van der Waals surface area (Å²) in [4.78, 5) is 18.5. The molecule has 2 aliphatic rings. The predicted octanol–water partition coefficient (Wildman–Crippen LogP) is 2.97. The van der Waals surface area contributed by atoms with Crippen molar-refractivity contribution >= 4 is 34.2 Å². The SMILES string of the molecule is O=C(O)N1CCC2(CC1)CN(c1nnc(-c3cnc(Cl)cc3F)s1)C2. The fraction of sp³-hybridized carbons (Fsp3) is 0.467. The third kappa shape index (κ3) is 3.02. The van der Waals surface area contributed by atoms with Gasteiger partial charge in [-0.1, -0.05) is 22.9 Å². The molecular weight excluding hydrogens is 369 g/mol. The van der Waals surface area contributed by atoms with E-state index in [-0.39, 0.29) is 16.1 Å². The van der Waals surface area contributed by atoms with Gasteiger partial charge in [-0.25, -0.2) is 14.2 Å². The van der Waals surface area contributed by atoms with Crippen molar-refractivity contribution in [3.8, 4) is 10.6 Å². The Morgan fingerprint density at radius 2 is 2.04 bits per heavy atom. The van der Waals surface area contributed by atoms with Gasteiger partial charge in [0.1, 0.15) is 11.0 Å². The van der Waals surface area contributed by atoms with Gasteiger partial charge in [0.2, 0.25) is 5.13 Å². The zero-order valence-electron chi connectivity index (χ0n) is 13.2. The molecule has 0 atom stereocenters. The van der Waals surface area contributed by atoms with Gasteiger partial charge in [-0.15, -0.1) is 10.2 Å².